The van der Waals surface area contributed by atoms with Crippen LogP contribution in [-0.2, 0) is 19.1 Å². The number of fused-ring (bicyclic) bond motifs is 1. The summed E-state index contributed by atoms with van der Waals surface area (Å²) in [6.07, 6.45) is 2.38. The minimum absolute atomic E-state index is 0.00357. The Bertz CT molecular complexity index is 902. The Kier molecular flexibility index (Phi) is 7.41. The molecule has 7 nitrogen and oxygen atoms in total. The fraction of sp³-hybridized carbons (Fsp3) is 0.625. The molecule has 0 saturated carbocycles. The maximum atomic E-state index is 14.0. The second-order valence-corrected chi connectivity index (χ2v) is 11.6. The third-order valence-electron chi connectivity index (χ3n) is 7.06. The lowest BCUT2D eigenvalue weighted by molar-refractivity contribution is -0.154. The first-order valence-electron chi connectivity index (χ1n) is 11.6. The summed E-state index contributed by atoms with van der Waals surface area (Å²) in [7, 11) is 0. The fourth-order valence-electron chi connectivity index (χ4n) is 5.73. The van der Waals surface area contributed by atoms with E-state index in [2.05, 4.69) is 28.2 Å². The van der Waals surface area contributed by atoms with Crippen molar-refractivity contribution < 1.29 is 24.2 Å². The number of ether oxygens (including phenoxy) is 1. The number of halogens is 1. The number of aliphatic hydroxyl groups is 1. The number of hydrogen-bond donors (Lipinski definition) is 2. The molecule has 1 aromatic carbocycles. The molecule has 0 aliphatic carbocycles. The zero-order chi connectivity index (χ0) is 23.8. The summed E-state index contributed by atoms with van der Waals surface area (Å²) in [4.78, 5) is 42.2. The number of nitrogens with zero attached hydrogens (tertiary/aromatic N) is 1. The van der Waals surface area contributed by atoms with E-state index < -0.39 is 28.7 Å². The molecule has 180 valence electrons. The molecule has 3 aliphatic rings. The molecule has 0 aromatic heterocycles. The van der Waals surface area contributed by atoms with Crippen LogP contribution in [-0.4, -0.2) is 68.4 Å². The molecule has 1 aromatic rings. The van der Waals surface area contributed by atoms with E-state index in [1.165, 1.54) is 0 Å². The quantitative estimate of drug-likeness (QED) is 0.285. The SMILES string of the molecule is CCCCNC(=O)C1N([C@H](CO)c2ccccc2)C(=O)[C@@H]2[C@H](C(=O)OCC)[C@H]3SC12CC3Br. The summed E-state index contributed by atoms with van der Waals surface area (Å²) in [5, 5.41) is 13.3. The lowest BCUT2D eigenvalue weighted by Gasteiger charge is -2.37. The Balaban J connectivity index is 1.78. The molecule has 2 N–H and O–H groups in total. The van der Waals surface area contributed by atoms with Gasteiger partial charge < -0.3 is 20.1 Å². The number of benzene rings is 1. The number of thioether (sulfide) groups is 1. The van der Waals surface area contributed by atoms with Crippen LogP contribution in [0.25, 0.3) is 0 Å². The second-order valence-electron chi connectivity index (χ2n) is 8.91. The fourth-order valence-corrected chi connectivity index (χ4v) is 9.31. The number of hydrogen-bond acceptors (Lipinski definition) is 6. The van der Waals surface area contributed by atoms with Gasteiger partial charge in [-0.15, -0.1) is 11.8 Å². The van der Waals surface area contributed by atoms with Gasteiger partial charge in [0.05, 0.1) is 35.8 Å². The zero-order valence-corrected chi connectivity index (χ0v) is 21.3. The Labute approximate surface area is 207 Å². The first-order valence-corrected chi connectivity index (χ1v) is 13.4. The van der Waals surface area contributed by atoms with Crippen molar-refractivity contribution in [1.82, 2.24) is 10.2 Å². The third kappa shape index (κ3) is 4.00. The van der Waals surface area contributed by atoms with E-state index in [9.17, 15) is 19.5 Å². The molecular weight excluding hydrogens is 508 g/mol. The predicted molar refractivity (Wildman–Crippen MR) is 130 cm³/mol. The van der Waals surface area contributed by atoms with E-state index >= 15 is 0 Å². The van der Waals surface area contributed by atoms with Crippen LogP contribution in [0.3, 0.4) is 0 Å². The lowest BCUT2D eigenvalue weighted by Crippen LogP contribution is -2.55. The van der Waals surface area contributed by atoms with Crippen molar-refractivity contribution in [2.24, 2.45) is 11.8 Å². The average Bonchev–Trinajstić information content (AvgIpc) is 3.39. The van der Waals surface area contributed by atoms with E-state index in [0.29, 0.717) is 13.0 Å². The van der Waals surface area contributed by atoms with Crippen LogP contribution >= 0.6 is 27.7 Å². The monoisotopic (exact) mass is 538 g/mol. The van der Waals surface area contributed by atoms with Gasteiger partial charge in [0.25, 0.3) is 0 Å². The Morgan fingerprint density at radius 1 is 1.33 bits per heavy atom. The van der Waals surface area contributed by atoms with Crippen LogP contribution in [0.5, 0.6) is 0 Å². The summed E-state index contributed by atoms with van der Waals surface area (Å²) in [5.74, 6) is -2.12. The first-order chi connectivity index (χ1) is 15.9. The Morgan fingerprint density at radius 2 is 2.06 bits per heavy atom. The molecule has 2 bridgehead atoms. The van der Waals surface area contributed by atoms with Crippen molar-refractivity contribution in [2.45, 2.75) is 60.0 Å². The highest BCUT2D eigenvalue weighted by Crippen LogP contribution is 2.68. The standard InChI is InChI=1S/C24H31BrN2O5S/c1-3-5-11-26-21(29)20-24-12-15(25)19(33-24)17(23(31)32-4-2)18(24)22(30)27(20)16(13-28)14-9-7-6-8-10-14/h6-10,15-20,28H,3-5,11-13H2,1-2H3,(H,26,29)/t15?,16-,17+,18+,19+,20?,24?/m1/s1. The topological polar surface area (TPSA) is 95.9 Å². The van der Waals surface area contributed by atoms with E-state index in [-0.39, 0.29) is 41.1 Å². The molecule has 3 unspecified atom stereocenters. The van der Waals surface area contributed by atoms with Gasteiger partial charge in [-0.05, 0) is 25.3 Å². The number of esters is 1. The molecule has 3 heterocycles. The lowest BCUT2D eigenvalue weighted by atomic mass is 9.71. The van der Waals surface area contributed by atoms with Gasteiger partial charge in [0.2, 0.25) is 11.8 Å². The molecule has 3 saturated heterocycles. The number of carbonyl (C=O) groups excluding carboxylic acids is 3. The van der Waals surface area contributed by atoms with Gasteiger partial charge in [0.1, 0.15) is 6.04 Å². The number of likely N-dealkylation sites (tertiary alicyclic amines) is 1. The van der Waals surface area contributed by atoms with Gasteiger partial charge >= 0.3 is 5.97 Å². The number of alkyl halides is 1. The number of aliphatic hydroxyl groups excluding tert-OH is 1. The molecule has 3 aliphatic heterocycles. The first kappa shape index (κ1) is 24.5. The molecule has 7 atom stereocenters. The maximum Gasteiger partial charge on any atom is 0.310 e. The summed E-state index contributed by atoms with van der Waals surface area (Å²) in [5.41, 5.74) is 0.763. The van der Waals surface area contributed by atoms with Crippen molar-refractivity contribution in [3.8, 4) is 0 Å². The average molecular weight is 539 g/mol. The number of unbranched alkanes of at least 4 members (excludes halogenated alkanes) is 1. The van der Waals surface area contributed by atoms with Gasteiger partial charge in [-0.2, -0.15) is 0 Å². The third-order valence-corrected chi connectivity index (χ3v) is 10.3. The molecule has 9 heteroatoms. The molecule has 0 radical (unpaired) electrons. The molecule has 1 spiro atoms. The van der Waals surface area contributed by atoms with Gasteiger partial charge in [-0.25, -0.2) is 0 Å². The normalized spacial score (nSPS) is 33.2. The smallest absolute Gasteiger partial charge is 0.310 e. The van der Waals surface area contributed by atoms with E-state index in [1.807, 2.05) is 30.3 Å². The van der Waals surface area contributed by atoms with Crippen molar-refractivity contribution in [3.63, 3.8) is 0 Å². The van der Waals surface area contributed by atoms with Crippen LogP contribution in [0, 0.1) is 11.8 Å². The Morgan fingerprint density at radius 3 is 2.70 bits per heavy atom. The summed E-state index contributed by atoms with van der Waals surface area (Å²) in [6, 6.07) is 7.83. The van der Waals surface area contributed by atoms with Gasteiger partial charge in [0.15, 0.2) is 0 Å². The number of nitrogens with one attached hydrogen (secondary N) is 1. The molecular formula is C24H31BrN2O5S. The van der Waals surface area contributed by atoms with Crippen molar-refractivity contribution >= 4 is 45.5 Å². The molecule has 3 fully saturated rings. The Hall–Kier alpha value is -1.58. The van der Waals surface area contributed by atoms with E-state index in [4.69, 9.17) is 4.74 Å². The number of carbonyl (C=O) groups is 3. The minimum atomic E-state index is -0.779. The molecule has 4 rings (SSSR count). The highest BCUT2D eigenvalue weighted by molar-refractivity contribution is 9.09. The van der Waals surface area contributed by atoms with E-state index in [0.717, 1.165) is 18.4 Å². The number of amides is 2. The summed E-state index contributed by atoms with van der Waals surface area (Å²) >= 11 is 5.30. The van der Waals surface area contributed by atoms with Crippen LogP contribution in [0.2, 0.25) is 0 Å². The van der Waals surface area contributed by atoms with Gasteiger partial charge in [-0.1, -0.05) is 59.6 Å². The van der Waals surface area contributed by atoms with Crippen LogP contribution in [0.4, 0.5) is 0 Å². The van der Waals surface area contributed by atoms with Crippen molar-refractivity contribution in [1.29, 1.82) is 0 Å². The van der Waals surface area contributed by atoms with Crippen molar-refractivity contribution in [2.75, 3.05) is 19.8 Å². The zero-order valence-electron chi connectivity index (χ0n) is 18.9. The van der Waals surface area contributed by atoms with Crippen LogP contribution < -0.4 is 5.32 Å². The van der Waals surface area contributed by atoms with Crippen molar-refractivity contribution in [3.05, 3.63) is 35.9 Å². The maximum absolute atomic E-state index is 14.0. The largest absolute Gasteiger partial charge is 0.466 e. The van der Waals surface area contributed by atoms with Crippen LogP contribution in [0.1, 0.15) is 44.7 Å². The minimum Gasteiger partial charge on any atom is -0.466 e. The second kappa shape index (κ2) is 9.96. The molecule has 2 amide bonds. The van der Waals surface area contributed by atoms with Gasteiger partial charge in [-0.3, -0.25) is 14.4 Å². The summed E-state index contributed by atoms with van der Waals surface area (Å²) < 4.78 is 4.62. The van der Waals surface area contributed by atoms with Crippen LogP contribution in [0.15, 0.2) is 30.3 Å². The van der Waals surface area contributed by atoms with Gasteiger partial charge in [0, 0.05) is 16.6 Å². The number of rotatable bonds is 9. The predicted octanol–water partition coefficient (Wildman–Crippen LogP) is 2.66. The molecule has 33 heavy (non-hydrogen) atoms. The highest BCUT2D eigenvalue weighted by atomic mass is 79.9. The highest BCUT2D eigenvalue weighted by Gasteiger charge is 2.76. The summed E-state index contributed by atoms with van der Waals surface area (Å²) in [6.45, 7) is 4.26. The van der Waals surface area contributed by atoms with E-state index in [1.54, 1.807) is 23.6 Å².